The van der Waals surface area contributed by atoms with E-state index >= 15 is 0 Å². The van der Waals surface area contributed by atoms with Crippen LogP contribution in [0.15, 0.2) is 4.47 Å². The molecule has 0 aliphatic rings. The molecule has 0 bridgehead atoms. The van der Waals surface area contributed by atoms with Gasteiger partial charge >= 0.3 is 5.97 Å². The second kappa shape index (κ2) is 5.83. The molecule has 0 aliphatic heterocycles. The monoisotopic (exact) mass is 338 g/mol. The van der Waals surface area contributed by atoms with Crippen molar-refractivity contribution in [2.24, 2.45) is 7.05 Å². The lowest BCUT2D eigenvalue weighted by Crippen LogP contribution is -2.15. The first-order valence-electron chi connectivity index (χ1n) is 5.39. The van der Waals surface area contributed by atoms with Crippen molar-refractivity contribution in [3.05, 3.63) is 15.9 Å². The molecule has 0 amide bonds. The average Bonchev–Trinajstić information content (AvgIpc) is 2.54. The van der Waals surface area contributed by atoms with Gasteiger partial charge in [-0.2, -0.15) is 5.10 Å². The summed E-state index contributed by atoms with van der Waals surface area (Å²) >= 11 is 3.33. The van der Waals surface area contributed by atoms with E-state index in [1.807, 2.05) is 6.92 Å². The molecule has 0 atom stereocenters. The van der Waals surface area contributed by atoms with Gasteiger partial charge in [0.15, 0.2) is 9.84 Å². The average molecular weight is 339 g/mol. The summed E-state index contributed by atoms with van der Waals surface area (Å²) < 4.78 is 25.8. The molecule has 0 saturated carbocycles. The Morgan fingerprint density at radius 2 is 2.11 bits per heavy atom. The minimum Gasteiger partial charge on any atom is -0.481 e. The van der Waals surface area contributed by atoms with Gasteiger partial charge in [0, 0.05) is 7.05 Å². The predicted molar refractivity (Wildman–Crippen MR) is 70.0 cm³/mol. The standard InChI is InChI=1S/C10H15BrN2O4S/c1-3-7-10(11)8(13(2)12-7)6-18(16,17)5-4-9(14)15/h3-6H2,1-2H3,(H,14,15). The normalized spacial score (nSPS) is 11.7. The Balaban J connectivity index is 2.90. The van der Waals surface area contributed by atoms with E-state index in [9.17, 15) is 13.2 Å². The van der Waals surface area contributed by atoms with Crippen molar-refractivity contribution in [1.29, 1.82) is 0 Å². The first kappa shape index (κ1) is 15.2. The zero-order valence-electron chi connectivity index (χ0n) is 10.2. The molecule has 102 valence electrons. The third-order valence-electron chi connectivity index (χ3n) is 2.49. The van der Waals surface area contributed by atoms with Crippen molar-refractivity contribution in [2.45, 2.75) is 25.5 Å². The van der Waals surface area contributed by atoms with Crippen molar-refractivity contribution < 1.29 is 18.3 Å². The number of hydrogen-bond donors (Lipinski definition) is 1. The number of rotatable bonds is 6. The van der Waals surface area contributed by atoms with Crippen molar-refractivity contribution in [2.75, 3.05) is 5.75 Å². The highest BCUT2D eigenvalue weighted by molar-refractivity contribution is 9.10. The number of carboxylic acid groups (broad SMARTS) is 1. The first-order chi connectivity index (χ1) is 8.26. The number of aliphatic carboxylic acids is 1. The Kier molecular flexibility index (Phi) is 4.92. The van der Waals surface area contributed by atoms with Crippen molar-refractivity contribution >= 4 is 31.7 Å². The molecule has 0 saturated heterocycles. The largest absolute Gasteiger partial charge is 0.481 e. The summed E-state index contributed by atoms with van der Waals surface area (Å²) in [6.07, 6.45) is 0.321. The van der Waals surface area contributed by atoms with Crippen LogP contribution >= 0.6 is 15.9 Å². The quantitative estimate of drug-likeness (QED) is 0.839. The Labute approximate surface area is 114 Å². The van der Waals surface area contributed by atoms with Crippen LogP contribution in [0.5, 0.6) is 0 Å². The smallest absolute Gasteiger partial charge is 0.304 e. The molecule has 0 spiro atoms. The summed E-state index contributed by atoms with van der Waals surface area (Å²) in [5, 5.41) is 12.7. The minimum atomic E-state index is -3.44. The van der Waals surface area contributed by atoms with E-state index < -0.39 is 15.8 Å². The summed E-state index contributed by atoms with van der Waals surface area (Å²) in [7, 11) is -1.77. The number of nitrogens with zero attached hydrogens (tertiary/aromatic N) is 2. The molecule has 0 unspecified atom stereocenters. The predicted octanol–water partition coefficient (Wildman–Crippen LogP) is 1.13. The zero-order chi connectivity index (χ0) is 13.9. The number of halogens is 1. The van der Waals surface area contributed by atoms with E-state index in [1.54, 1.807) is 7.05 Å². The van der Waals surface area contributed by atoms with E-state index in [0.29, 0.717) is 16.6 Å². The molecule has 0 radical (unpaired) electrons. The number of sulfone groups is 1. The summed E-state index contributed by atoms with van der Waals surface area (Å²) in [5.41, 5.74) is 1.35. The molecule has 6 nitrogen and oxygen atoms in total. The van der Waals surface area contributed by atoms with E-state index in [2.05, 4.69) is 21.0 Å². The van der Waals surface area contributed by atoms with Crippen molar-refractivity contribution in [3.8, 4) is 0 Å². The van der Waals surface area contributed by atoms with Crippen LogP contribution in [0.2, 0.25) is 0 Å². The first-order valence-corrected chi connectivity index (χ1v) is 8.00. The highest BCUT2D eigenvalue weighted by atomic mass is 79.9. The van der Waals surface area contributed by atoms with Crippen LogP contribution in [0.1, 0.15) is 24.7 Å². The molecule has 1 rings (SSSR count). The molecule has 1 heterocycles. The molecule has 8 heteroatoms. The van der Waals surface area contributed by atoms with Gasteiger partial charge in [-0.15, -0.1) is 0 Å². The second-order valence-electron chi connectivity index (χ2n) is 3.92. The maximum absolute atomic E-state index is 11.8. The van der Waals surface area contributed by atoms with E-state index in [-0.39, 0.29) is 17.9 Å². The Hall–Kier alpha value is -0.890. The van der Waals surface area contributed by atoms with Crippen LogP contribution in [0.25, 0.3) is 0 Å². The summed E-state index contributed by atoms with van der Waals surface area (Å²) in [6.45, 7) is 1.93. The van der Waals surface area contributed by atoms with Gasteiger partial charge < -0.3 is 5.11 Å². The fourth-order valence-electron chi connectivity index (χ4n) is 1.50. The van der Waals surface area contributed by atoms with Crippen LogP contribution in [-0.2, 0) is 33.9 Å². The SMILES string of the molecule is CCc1nn(C)c(CS(=O)(=O)CCC(=O)O)c1Br. The van der Waals surface area contributed by atoms with Gasteiger partial charge in [0.25, 0.3) is 0 Å². The van der Waals surface area contributed by atoms with Crippen LogP contribution in [-0.4, -0.2) is 35.0 Å². The molecule has 0 aliphatic carbocycles. The van der Waals surface area contributed by atoms with Crippen molar-refractivity contribution in [3.63, 3.8) is 0 Å². The summed E-state index contributed by atoms with van der Waals surface area (Å²) in [6, 6.07) is 0. The van der Waals surface area contributed by atoms with Gasteiger partial charge in [-0.3, -0.25) is 9.48 Å². The number of aromatic nitrogens is 2. The lowest BCUT2D eigenvalue weighted by molar-refractivity contribution is -0.136. The molecular weight excluding hydrogens is 324 g/mol. The lowest BCUT2D eigenvalue weighted by atomic mass is 10.3. The van der Waals surface area contributed by atoms with E-state index in [4.69, 9.17) is 5.11 Å². The summed E-state index contributed by atoms with van der Waals surface area (Å²) in [4.78, 5) is 10.4. The Bertz CT molecular complexity index is 550. The van der Waals surface area contributed by atoms with Crippen molar-refractivity contribution in [1.82, 2.24) is 9.78 Å². The topological polar surface area (TPSA) is 89.3 Å². The molecule has 0 fully saturated rings. The van der Waals surface area contributed by atoms with Gasteiger partial charge in [0.2, 0.25) is 0 Å². The molecule has 1 aromatic heterocycles. The minimum absolute atomic E-state index is 0.204. The van der Waals surface area contributed by atoms with Crippen LogP contribution in [0.4, 0.5) is 0 Å². The summed E-state index contributed by atoms with van der Waals surface area (Å²) in [5.74, 6) is -1.68. The Morgan fingerprint density at radius 1 is 1.50 bits per heavy atom. The van der Waals surface area contributed by atoms with Gasteiger partial charge in [-0.25, -0.2) is 8.42 Å². The van der Waals surface area contributed by atoms with Crippen LogP contribution < -0.4 is 0 Å². The number of carboxylic acids is 1. The maximum atomic E-state index is 11.8. The van der Waals surface area contributed by atoms with Gasteiger partial charge in [0.05, 0.1) is 33.8 Å². The molecule has 0 aromatic carbocycles. The zero-order valence-corrected chi connectivity index (χ0v) is 12.6. The fraction of sp³-hybridized carbons (Fsp3) is 0.600. The third kappa shape index (κ3) is 3.81. The second-order valence-corrected chi connectivity index (χ2v) is 6.90. The highest BCUT2D eigenvalue weighted by Crippen LogP contribution is 2.23. The van der Waals surface area contributed by atoms with Gasteiger partial charge in [-0.1, -0.05) is 6.92 Å². The molecule has 1 N–H and O–H groups in total. The maximum Gasteiger partial charge on any atom is 0.304 e. The number of aryl methyl sites for hydroxylation is 2. The van der Waals surface area contributed by atoms with Gasteiger partial charge in [-0.05, 0) is 22.4 Å². The number of carbonyl (C=O) groups is 1. The lowest BCUT2D eigenvalue weighted by Gasteiger charge is -2.04. The third-order valence-corrected chi connectivity index (χ3v) is 4.94. The van der Waals surface area contributed by atoms with E-state index in [1.165, 1.54) is 4.68 Å². The van der Waals surface area contributed by atoms with Gasteiger partial charge in [0.1, 0.15) is 0 Å². The van der Waals surface area contributed by atoms with Crippen LogP contribution in [0.3, 0.4) is 0 Å². The molecule has 1 aromatic rings. The van der Waals surface area contributed by atoms with E-state index in [0.717, 1.165) is 5.69 Å². The Morgan fingerprint density at radius 3 is 2.56 bits per heavy atom. The van der Waals surface area contributed by atoms with Crippen LogP contribution in [0, 0.1) is 0 Å². The number of hydrogen-bond acceptors (Lipinski definition) is 4. The molecule has 18 heavy (non-hydrogen) atoms. The molecular formula is C10H15BrN2O4S. The fourth-order valence-corrected chi connectivity index (χ4v) is 3.82. The highest BCUT2D eigenvalue weighted by Gasteiger charge is 2.20.